The summed E-state index contributed by atoms with van der Waals surface area (Å²) in [6.07, 6.45) is 0.490. The summed E-state index contributed by atoms with van der Waals surface area (Å²) < 4.78 is 19.9. The zero-order valence-corrected chi connectivity index (χ0v) is 15.8. The largest absolute Gasteiger partial charge is 0.488 e. The van der Waals surface area contributed by atoms with Gasteiger partial charge in [-0.15, -0.1) is 0 Å². The van der Waals surface area contributed by atoms with Gasteiger partial charge in [-0.2, -0.15) is 0 Å². The first-order valence-corrected chi connectivity index (χ1v) is 9.33. The van der Waals surface area contributed by atoms with Crippen molar-refractivity contribution >= 4 is 23.4 Å². The van der Waals surface area contributed by atoms with E-state index in [1.807, 2.05) is 0 Å². The van der Waals surface area contributed by atoms with Gasteiger partial charge in [0.15, 0.2) is 0 Å². The van der Waals surface area contributed by atoms with Gasteiger partial charge in [0.2, 0.25) is 11.8 Å². The molecule has 2 heterocycles. The molecule has 0 radical (unpaired) electrons. The van der Waals surface area contributed by atoms with Crippen molar-refractivity contribution in [3.8, 4) is 5.75 Å². The van der Waals surface area contributed by atoms with E-state index in [-0.39, 0.29) is 37.2 Å². The van der Waals surface area contributed by atoms with Gasteiger partial charge in [-0.3, -0.25) is 19.7 Å². The number of nitrogens with zero attached hydrogens (tertiary/aromatic N) is 1. The Labute approximate surface area is 166 Å². The maximum absolute atomic E-state index is 14.1. The minimum absolute atomic E-state index is 0.00438. The molecular formula is C21H20FN3O4. The van der Waals surface area contributed by atoms with E-state index in [9.17, 15) is 18.8 Å². The maximum atomic E-state index is 14.1. The van der Waals surface area contributed by atoms with Crippen LogP contribution in [0, 0.1) is 5.82 Å². The fraction of sp³-hybridized carbons (Fsp3) is 0.286. The van der Waals surface area contributed by atoms with Crippen LogP contribution in [0.1, 0.15) is 34.3 Å². The normalized spacial score (nSPS) is 18.5. The summed E-state index contributed by atoms with van der Waals surface area (Å²) in [5.74, 6) is -0.970. The van der Waals surface area contributed by atoms with E-state index in [1.54, 1.807) is 37.4 Å². The highest BCUT2D eigenvalue weighted by atomic mass is 19.1. The zero-order chi connectivity index (χ0) is 20.5. The molecule has 0 aromatic heterocycles. The molecule has 0 bridgehead atoms. The van der Waals surface area contributed by atoms with Crippen molar-refractivity contribution < 1.29 is 23.5 Å². The SMILES string of the molecule is CNc1ccc(F)c(COc2cccc3c2CN(C2CCC(=O)NC2=O)C3=O)c1. The number of rotatable bonds is 5. The van der Waals surface area contributed by atoms with Crippen molar-refractivity contribution in [3.63, 3.8) is 0 Å². The second-order valence-corrected chi connectivity index (χ2v) is 7.03. The minimum atomic E-state index is -0.690. The average Bonchev–Trinajstić information content (AvgIpc) is 3.04. The molecule has 1 fully saturated rings. The predicted octanol–water partition coefficient (Wildman–Crippen LogP) is 2.21. The smallest absolute Gasteiger partial charge is 0.255 e. The number of carbonyl (C=O) groups is 3. The number of ether oxygens (including phenoxy) is 1. The lowest BCUT2D eigenvalue weighted by Crippen LogP contribution is -2.52. The van der Waals surface area contributed by atoms with Gasteiger partial charge in [0, 0.05) is 35.8 Å². The molecule has 0 spiro atoms. The number of anilines is 1. The predicted molar refractivity (Wildman–Crippen MR) is 103 cm³/mol. The monoisotopic (exact) mass is 397 g/mol. The molecule has 2 aliphatic rings. The van der Waals surface area contributed by atoms with Crippen LogP contribution in [-0.4, -0.2) is 35.7 Å². The lowest BCUT2D eigenvalue weighted by molar-refractivity contribution is -0.136. The van der Waals surface area contributed by atoms with Crippen molar-refractivity contribution in [1.82, 2.24) is 10.2 Å². The molecule has 7 nitrogen and oxygen atoms in total. The van der Waals surface area contributed by atoms with Crippen LogP contribution in [0.2, 0.25) is 0 Å². The van der Waals surface area contributed by atoms with Gasteiger partial charge in [0.05, 0.1) is 6.54 Å². The van der Waals surface area contributed by atoms with Gasteiger partial charge in [-0.1, -0.05) is 6.07 Å². The van der Waals surface area contributed by atoms with Crippen LogP contribution in [0.4, 0.5) is 10.1 Å². The van der Waals surface area contributed by atoms with Crippen LogP contribution in [0.25, 0.3) is 0 Å². The number of hydrogen-bond acceptors (Lipinski definition) is 5. The Bertz CT molecular complexity index is 1010. The van der Waals surface area contributed by atoms with E-state index in [2.05, 4.69) is 10.6 Å². The fourth-order valence-corrected chi connectivity index (χ4v) is 3.69. The Kier molecular flexibility index (Phi) is 4.92. The summed E-state index contributed by atoms with van der Waals surface area (Å²) in [4.78, 5) is 37.9. The number of nitrogens with one attached hydrogen (secondary N) is 2. The summed E-state index contributed by atoms with van der Waals surface area (Å²) in [6, 6.07) is 9.08. The van der Waals surface area contributed by atoms with Crippen molar-refractivity contribution in [2.45, 2.75) is 32.0 Å². The van der Waals surface area contributed by atoms with Gasteiger partial charge in [0.1, 0.15) is 24.2 Å². The average molecular weight is 397 g/mol. The Morgan fingerprint density at radius 2 is 2.07 bits per heavy atom. The van der Waals surface area contributed by atoms with Gasteiger partial charge in [0.25, 0.3) is 5.91 Å². The molecule has 0 saturated carbocycles. The van der Waals surface area contributed by atoms with Crippen LogP contribution in [0.15, 0.2) is 36.4 Å². The standard InChI is InChI=1S/C21H20FN3O4/c1-23-13-5-6-16(22)12(9-13)11-29-18-4-2-3-14-15(18)10-25(21(14)28)17-7-8-19(26)24-20(17)27/h2-6,9,17,23H,7-8,10-11H2,1H3,(H,24,26,27). The lowest BCUT2D eigenvalue weighted by Gasteiger charge is -2.29. The van der Waals surface area contributed by atoms with E-state index in [0.29, 0.717) is 28.9 Å². The maximum Gasteiger partial charge on any atom is 0.255 e. The first kappa shape index (κ1) is 18.9. The molecule has 2 aromatic rings. The van der Waals surface area contributed by atoms with E-state index in [0.717, 1.165) is 5.69 Å². The molecule has 29 heavy (non-hydrogen) atoms. The first-order valence-electron chi connectivity index (χ1n) is 9.33. The third kappa shape index (κ3) is 3.53. The van der Waals surface area contributed by atoms with Crippen LogP contribution >= 0.6 is 0 Å². The molecule has 8 heteroatoms. The number of imide groups is 1. The molecule has 1 atom stereocenters. The summed E-state index contributed by atoms with van der Waals surface area (Å²) in [6.45, 7) is 0.208. The van der Waals surface area contributed by atoms with E-state index < -0.39 is 11.9 Å². The number of piperidine rings is 1. The number of hydrogen-bond donors (Lipinski definition) is 2. The van der Waals surface area contributed by atoms with Gasteiger partial charge in [-0.25, -0.2) is 4.39 Å². The fourth-order valence-electron chi connectivity index (χ4n) is 3.69. The molecular weight excluding hydrogens is 377 g/mol. The number of halogens is 1. The highest BCUT2D eigenvalue weighted by Crippen LogP contribution is 2.34. The summed E-state index contributed by atoms with van der Waals surface area (Å²) in [5, 5.41) is 5.24. The van der Waals surface area contributed by atoms with Gasteiger partial charge < -0.3 is 15.0 Å². The van der Waals surface area contributed by atoms with Crippen LogP contribution < -0.4 is 15.4 Å². The van der Waals surface area contributed by atoms with Crippen molar-refractivity contribution in [3.05, 3.63) is 58.9 Å². The van der Waals surface area contributed by atoms with Crippen LogP contribution in [-0.2, 0) is 22.7 Å². The third-order valence-electron chi connectivity index (χ3n) is 5.26. The number of benzene rings is 2. The van der Waals surface area contributed by atoms with Gasteiger partial charge >= 0.3 is 0 Å². The molecule has 1 unspecified atom stereocenters. The van der Waals surface area contributed by atoms with E-state index in [1.165, 1.54) is 11.0 Å². The lowest BCUT2D eigenvalue weighted by atomic mass is 10.0. The second-order valence-electron chi connectivity index (χ2n) is 7.03. The molecule has 150 valence electrons. The highest BCUT2D eigenvalue weighted by molar-refractivity contribution is 6.05. The summed E-state index contributed by atoms with van der Waals surface area (Å²) in [7, 11) is 1.75. The summed E-state index contributed by atoms with van der Waals surface area (Å²) in [5.41, 5.74) is 2.27. The molecule has 0 aliphatic carbocycles. The number of amides is 3. The van der Waals surface area contributed by atoms with Crippen molar-refractivity contribution in [2.24, 2.45) is 0 Å². The summed E-state index contributed by atoms with van der Waals surface area (Å²) >= 11 is 0. The number of carbonyl (C=O) groups excluding carboxylic acids is 3. The highest BCUT2D eigenvalue weighted by Gasteiger charge is 2.40. The van der Waals surface area contributed by atoms with Crippen molar-refractivity contribution in [1.29, 1.82) is 0 Å². The molecule has 2 aromatic carbocycles. The Morgan fingerprint density at radius 3 is 2.83 bits per heavy atom. The molecule has 3 amide bonds. The zero-order valence-electron chi connectivity index (χ0n) is 15.8. The van der Waals surface area contributed by atoms with Crippen molar-refractivity contribution in [2.75, 3.05) is 12.4 Å². The second kappa shape index (κ2) is 7.54. The third-order valence-corrected chi connectivity index (χ3v) is 5.26. The Balaban J connectivity index is 1.54. The topological polar surface area (TPSA) is 87.7 Å². The van der Waals surface area contributed by atoms with Crippen LogP contribution in [0.5, 0.6) is 5.75 Å². The first-order chi connectivity index (χ1) is 14.0. The molecule has 1 saturated heterocycles. The molecule has 4 rings (SSSR count). The minimum Gasteiger partial charge on any atom is -0.488 e. The molecule has 2 N–H and O–H groups in total. The quantitative estimate of drug-likeness (QED) is 0.756. The Hall–Kier alpha value is -3.42. The number of fused-ring (bicyclic) bond motifs is 1. The van der Waals surface area contributed by atoms with E-state index >= 15 is 0 Å². The van der Waals surface area contributed by atoms with Crippen LogP contribution in [0.3, 0.4) is 0 Å². The molecule has 2 aliphatic heterocycles. The Morgan fingerprint density at radius 1 is 1.24 bits per heavy atom. The van der Waals surface area contributed by atoms with Gasteiger partial charge in [-0.05, 0) is 36.8 Å². The van der Waals surface area contributed by atoms with E-state index in [4.69, 9.17) is 4.74 Å².